The van der Waals surface area contributed by atoms with Crippen LogP contribution in [-0.2, 0) is 11.8 Å². The van der Waals surface area contributed by atoms with Crippen LogP contribution in [0.1, 0.15) is 19.3 Å². The van der Waals surface area contributed by atoms with Gasteiger partial charge < -0.3 is 10.2 Å². The van der Waals surface area contributed by atoms with Gasteiger partial charge in [-0.05, 0) is 18.8 Å². The van der Waals surface area contributed by atoms with Gasteiger partial charge in [0.15, 0.2) is 5.65 Å². The van der Waals surface area contributed by atoms with Gasteiger partial charge >= 0.3 is 0 Å². The molecular weight excluding hydrogens is 318 g/mol. The molecule has 9 heteroatoms. The molecule has 1 saturated heterocycles. The topological polar surface area (TPSA) is 75.9 Å². The normalized spacial score (nSPS) is 16.1. The van der Waals surface area contributed by atoms with E-state index in [2.05, 4.69) is 25.3 Å². The molecule has 2 aromatic rings. The first-order valence-corrected chi connectivity index (χ1v) is 7.97. The van der Waals surface area contributed by atoms with E-state index in [0.717, 1.165) is 42.8 Å². The van der Waals surface area contributed by atoms with Crippen molar-refractivity contribution in [3.63, 3.8) is 0 Å². The lowest BCUT2D eigenvalue weighted by atomic mass is 9.93. The standard InChI is InChI=1S/C15H20F2N6O/c1-22-14-11(7-21-22)15(20-9-19-14)23-4-2-10(3-5-23)6-13(24)18-8-12(16)17/h7,9-10,12H,2-6,8H2,1H3,(H,18,24). The molecule has 0 saturated carbocycles. The fraction of sp³-hybridized carbons (Fsp3) is 0.600. The minimum absolute atomic E-state index is 0.213. The van der Waals surface area contributed by atoms with Gasteiger partial charge in [-0.1, -0.05) is 0 Å². The Labute approximate surface area is 138 Å². The molecule has 1 amide bonds. The maximum absolute atomic E-state index is 12.1. The van der Waals surface area contributed by atoms with Crippen molar-refractivity contribution in [3.8, 4) is 0 Å². The van der Waals surface area contributed by atoms with Crippen molar-refractivity contribution in [1.82, 2.24) is 25.1 Å². The molecule has 1 aliphatic rings. The molecule has 0 aliphatic carbocycles. The quantitative estimate of drug-likeness (QED) is 0.891. The Kier molecular flexibility index (Phi) is 4.86. The molecule has 1 N–H and O–H groups in total. The van der Waals surface area contributed by atoms with Crippen LogP contribution in [0.4, 0.5) is 14.6 Å². The molecule has 0 bridgehead atoms. The highest BCUT2D eigenvalue weighted by molar-refractivity contribution is 5.86. The molecule has 3 rings (SSSR count). The van der Waals surface area contributed by atoms with Gasteiger partial charge in [0.25, 0.3) is 6.43 Å². The number of piperidine rings is 1. The van der Waals surface area contributed by atoms with E-state index in [1.807, 2.05) is 7.05 Å². The summed E-state index contributed by atoms with van der Waals surface area (Å²) in [5.74, 6) is 0.768. The van der Waals surface area contributed by atoms with Crippen molar-refractivity contribution in [1.29, 1.82) is 0 Å². The summed E-state index contributed by atoms with van der Waals surface area (Å²) in [5, 5.41) is 7.39. The van der Waals surface area contributed by atoms with Crippen molar-refractivity contribution >= 4 is 22.8 Å². The Morgan fingerprint density at radius 2 is 2.12 bits per heavy atom. The lowest BCUT2D eigenvalue weighted by Gasteiger charge is -2.32. The summed E-state index contributed by atoms with van der Waals surface area (Å²) in [6, 6.07) is 0. The van der Waals surface area contributed by atoms with Crippen molar-refractivity contribution in [2.75, 3.05) is 24.5 Å². The lowest BCUT2D eigenvalue weighted by molar-refractivity contribution is -0.122. The van der Waals surface area contributed by atoms with E-state index in [0.29, 0.717) is 6.42 Å². The Bertz CT molecular complexity index is 711. The summed E-state index contributed by atoms with van der Waals surface area (Å²) in [4.78, 5) is 22.4. The fourth-order valence-electron chi connectivity index (χ4n) is 3.08. The van der Waals surface area contributed by atoms with E-state index >= 15 is 0 Å². The highest BCUT2D eigenvalue weighted by Crippen LogP contribution is 2.28. The first kappa shape index (κ1) is 16.5. The average Bonchev–Trinajstić information content (AvgIpc) is 2.95. The summed E-state index contributed by atoms with van der Waals surface area (Å²) in [6.07, 6.45) is 2.74. The van der Waals surface area contributed by atoms with Gasteiger partial charge in [0.1, 0.15) is 12.1 Å². The molecule has 24 heavy (non-hydrogen) atoms. The van der Waals surface area contributed by atoms with E-state index in [-0.39, 0.29) is 11.8 Å². The zero-order valence-electron chi connectivity index (χ0n) is 13.5. The van der Waals surface area contributed by atoms with Crippen LogP contribution in [0.25, 0.3) is 11.0 Å². The highest BCUT2D eigenvalue weighted by Gasteiger charge is 2.24. The summed E-state index contributed by atoms with van der Waals surface area (Å²) < 4.78 is 25.9. The second-order valence-corrected chi connectivity index (χ2v) is 6.03. The van der Waals surface area contributed by atoms with E-state index in [1.54, 1.807) is 10.9 Å². The fourth-order valence-corrected chi connectivity index (χ4v) is 3.08. The number of fused-ring (bicyclic) bond motifs is 1. The van der Waals surface area contributed by atoms with Crippen molar-refractivity contribution in [3.05, 3.63) is 12.5 Å². The number of rotatable bonds is 5. The summed E-state index contributed by atoms with van der Waals surface area (Å²) in [6.45, 7) is 0.971. The molecule has 0 unspecified atom stereocenters. The van der Waals surface area contributed by atoms with E-state index in [1.165, 1.54) is 6.33 Å². The van der Waals surface area contributed by atoms with Crippen LogP contribution in [0, 0.1) is 5.92 Å². The predicted molar refractivity (Wildman–Crippen MR) is 84.9 cm³/mol. The number of carbonyl (C=O) groups is 1. The maximum Gasteiger partial charge on any atom is 0.255 e. The minimum atomic E-state index is -2.50. The van der Waals surface area contributed by atoms with Crippen LogP contribution in [0.5, 0.6) is 0 Å². The van der Waals surface area contributed by atoms with Crippen LogP contribution in [0.2, 0.25) is 0 Å². The Morgan fingerprint density at radius 3 is 2.83 bits per heavy atom. The summed E-state index contributed by atoms with van der Waals surface area (Å²) in [7, 11) is 1.84. The minimum Gasteiger partial charge on any atom is -0.356 e. The number of aromatic nitrogens is 4. The van der Waals surface area contributed by atoms with E-state index in [9.17, 15) is 13.6 Å². The van der Waals surface area contributed by atoms with Crippen LogP contribution < -0.4 is 10.2 Å². The molecule has 0 radical (unpaired) electrons. The SMILES string of the molecule is Cn1ncc2c(N3CCC(CC(=O)NCC(F)F)CC3)ncnc21. The third-order valence-electron chi connectivity index (χ3n) is 4.35. The predicted octanol–water partition coefficient (Wildman–Crippen LogP) is 1.35. The number of alkyl halides is 2. The number of hydrogen-bond donors (Lipinski definition) is 1. The van der Waals surface area contributed by atoms with Crippen LogP contribution in [0.15, 0.2) is 12.5 Å². The molecular formula is C15H20F2N6O. The number of aryl methyl sites for hydroxylation is 1. The van der Waals surface area contributed by atoms with Gasteiger partial charge in [-0.15, -0.1) is 0 Å². The molecule has 1 aliphatic heterocycles. The van der Waals surface area contributed by atoms with Crippen molar-refractivity contribution in [2.24, 2.45) is 13.0 Å². The van der Waals surface area contributed by atoms with Gasteiger partial charge in [0.2, 0.25) is 5.91 Å². The second-order valence-electron chi connectivity index (χ2n) is 6.03. The van der Waals surface area contributed by atoms with Gasteiger partial charge in [0.05, 0.1) is 18.1 Å². The Hall–Kier alpha value is -2.32. The number of nitrogens with zero attached hydrogens (tertiary/aromatic N) is 5. The number of carbonyl (C=O) groups excluding carboxylic acids is 1. The summed E-state index contributed by atoms with van der Waals surface area (Å²) >= 11 is 0. The third-order valence-corrected chi connectivity index (χ3v) is 4.35. The Balaban J connectivity index is 1.58. The van der Waals surface area contributed by atoms with Gasteiger partial charge in [-0.25, -0.2) is 18.7 Å². The molecule has 0 atom stereocenters. The van der Waals surface area contributed by atoms with Crippen molar-refractivity contribution < 1.29 is 13.6 Å². The molecule has 2 aromatic heterocycles. The van der Waals surface area contributed by atoms with Gasteiger partial charge in [-0.2, -0.15) is 5.10 Å². The van der Waals surface area contributed by atoms with E-state index in [4.69, 9.17) is 0 Å². The van der Waals surface area contributed by atoms with Crippen LogP contribution >= 0.6 is 0 Å². The lowest BCUT2D eigenvalue weighted by Crippen LogP contribution is -2.37. The molecule has 0 aromatic carbocycles. The average molecular weight is 338 g/mol. The number of anilines is 1. The molecule has 130 valence electrons. The maximum atomic E-state index is 12.1. The number of nitrogens with one attached hydrogen (secondary N) is 1. The highest BCUT2D eigenvalue weighted by atomic mass is 19.3. The zero-order chi connectivity index (χ0) is 17.1. The van der Waals surface area contributed by atoms with Gasteiger partial charge in [-0.3, -0.25) is 9.48 Å². The number of halogens is 2. The molecule has 3 heterocycles. The molecule has 1 fully saturated rings. The summed E-state index contributed by atoms with van der Waals surface area (Å²) in [5.41, 5.74) is 0.786. The molecule has 7 nitrogen and oxygen atoms in total. The largest absolute Gasteiger partial charge is 0.356 e. The number of hydrogen-bond acceptors (Lipinski definition) is 5. The van der Waals surface area contributed by atoms with E-state index < -0.39 is 13.0 Å². The van der Waals surface area contributed by atoms with Crippen LogP contribution in [0.3, 0.4) is 0 Å². The van der Waals surface area contributed by atoms with Crippen molar-refractivity contribution in [2.45, 2.75) is 25.7 Å². The second kappa shape index (κ2) is 7.06. The monoisotopic (exact) mass is 338 g/mol. The third kappa shape index (κ3) is 3.60. The van der Waals surface area contributed by atoms with Crippen LogP contribution in [-0.4, -0.2) is 51.7 Å². The number of amides is 1. The molecule has 0 spiro atoms. The Morgan fingerprint density at radius 1 is 1.38 bits per heavy atom. The first-order chi connectivity index (χ1) is 11.5. The first-order valence-electron chi connectivity index (χ1n) is 7.97. The smallest absolute Gasteiger partial charge is 0.255 e. The van der Waals surface area contributed by atoms with Gasteiger partial charge in [0, 0.05) is 26.6 Å². The zero-order valence-corrected chi connectivity index (χ0v) is 13.5.